The molecule has 1 N–H and O–H groups in total. The molecule has 1 amide bonds. The molecule has 3 rings (SSSR count). The third-order valence-corrected chi connectivity index (χ3v) is 4.84. The highest BCUT2D eigenvalue weighted by atomic mass is 16.1. The normalized spacial score (nSPS) is 17.6. The molecule has 1 aliphatic heterocycles. The van der Waals surface area contributed by atoms with Crippen LogP contribution in [0.25, 0.3) is 0 Å². The molecule has 0 saturated carbocycles. The van der Waals surface area contributed by atoms with E-state index in [2.05, 4.69) is 42.0 Å². The Hall–Kier alpha value is -2.36. The fraction of sp³-hybridized carbons (Fsp3) is 0.429. The first kappa shape index (κ1) is 17.5. The lowest BCUT2D eigenvalue weighted by Gasteiger charge is -2.32. The SMILES string of the molecule is CC1CCCN(c2cncc(C(=O)Nc3ccccc3C(C)C)c2)C1. The molecule has 2 heterocycles. The van der Waals surface area contributed by atoms with Crippen LogP contribution in [0.15, 0.2) is 42.7 Å². The van der Waals surface area contributed by atoms with E-state index >= 15 is 0 Å². The van der Waals surface area contributed by atoms with Crippen LogP contribution < -0.4 is 10.2 Å². The third-order valence-electron chi connectivity index (χ3n) is 4.84. The summed E-state index contributed by atoms with van der Waals surface area (Å²) in [5, 5.41) is 3.05. The van der Waals surface area contributed by atoms with Crippen LogP contribution in [0.1, 0.15) is 55.5 Å². The smallest absolute Gasteiger partial charge is 0.257 e. The Morgan fingerprint density at radius 3 is 2.84 bits per heavy atom. The van der Waals surface area contributed by atoms with Crippen LogP contribution in [-0.4, -0.2) is 24.0 Å². The molecule has 0 radical (unpaired) electrons. The lowest BCUT2D eigenvalue weighted by atomic mass is 10.00. The average molecular weight is 337 g/mol. The second-order valence-corrected chi connectivity index (χ2v) is 7.32. The van der Waals surface area contributed by atoms with Gasteiger partial charge in [0.1, 0.15) is 0 Å². The Kier molecular flexibility index (Phi) is 5.37. The highest BCUT2D eigenvalue weighted by Crippen LogP contribution is 2.26. The number of nitrogens with one attached hydrogen (secondary N) is 1. The molecule has 0 bridgehead atoms. The maximum absolute atomic E-state index is 12.7. The van der Waals surface area contributed by atoms with Gasteiger partial charge in [-0.2, -0.15) is 0 Å². The van der Waals surface area contributed by atoms with E-state index < -0.39 is 0 Å². The van der Waals surface area contributed by atoms with Crippen molar-refractivity contribution in [1.82, 2.24) is 4.98 Å². The zero-order chi connectivity index (χ0) is 17.8. The maximum Gasteiger partial charge on any atom is 0.257 e. The number of piperidine rings is 1. The van der Waals surface area contributed by atoms with E-state index in [1.54, 1.807) is 6.20 Å². The van der Waals surface area contributed by atoms with Crippen molar-refractivity contribution in [2.75, 3.05) is 23.3 Å². The van der Waals surface area contributed by atoms with Crippen molar-refractivity contribution < 1.29 is 4.79 Å². The quantitative estimate of drug-likeness (QED) is 0.880. The molecule has 0 spiro atoms. The summed E-state index contributed by atoms with van der Waals surface area (Å²) in [4.78, 5) is 19.4. The fourth-order valence-corrected chi connectivity index (χ4v) is 3.46. The second-order valence-electron chi connectivity index (χ2n) is 7.32. The van der Waals surface area contributed by atoms with Crippen molar-refractivity contribution in [1.29, 1.82) is 0 Å². The molecule has 4 heteroatoms. The van der Waals surface area contributed by atoms with Gasteiger partial charge in [0.05, 0.1) is 17.4 Å². The lowest BCUT2D eigenvalue weighted by Crippen LogP contribution is -2.34. The molecule has 132 valence electrons. The number of pyridine rings is 1. The number of anilines is 2. The predicted octanol–water partition coefficient (Wildman–Crippen LogP) is 4.69. The number of carbonyl (C=O) groups is 1. The molecule has 1 unspecified atom stereocenters. The number of nitrogens with zero attached hydrogens (tertiary/aromatic N) is 2. The average Bonchev–Trinajstić information content (AvgIpc) is 2.62. The Balaban J connectivity index is 1.78. The van der Waals surface area contributed by atoms with Crippen molar-refractivity contribution in [3.8, 4) is 0 Å². The van der Waals surface area contributed by atoms with Crippen LogP contribution in [0.2, 0.25) is 0 Å². The first-order valence-corrected chi connectivity index (χ1v) is 9.15. The molecule has 1 atom stereocenters. The Morgan fingerprint density at radius 1 is 1.28 bits per heavy atom. The lowest BCUT2D eigenvalue weighted by molar-refractivity contribution is 0.102. The van der Waals surface area contributed by atoms with Gasteiger partial charge in [-0.3, -0.25) is 9.78 Å². The van der Waals surface area contributed by atoms with E-state index in [-0.39, 0.29) is 5.91 Å². The first-order chi connectivity index (χ1) is 12.0. The van der Waals surface area contributed by atoms with Crippen molar-refractivity contribution in [2.45, 2.75) is 39.5 Å². The maximum atomic E-state index is 12.7. The molecule has 1 aromatic heterocycles. The van der Waals surface area contributed by atoms with E-state index in [4.69, 9.17) is 0 Å². The van der Waals surface area contributed by atoms with Crippen LogP contribution in [0.3, 0.4) is 0 Å². The molecular weight excluding hydrogens is 310 g/mol. The summed E-state index contributed by atoms with van der Waals surface area (Å²) in [7, 11) is 0. The number of hydrogen-bond acceptors (Lipinski definition) is 3. The summed E-state index contributed by atoms with van der Waals surface area (Å²) >= 11 is 0. The topological polar surface area (TPSA) is 45.2 Å². The standard InChI is InChI=1S/C21H27N3O/c1-15(2)19-8-4-5-9-20(19)23-21(25)17-11-18(13-22-12-17)24-10-6-7-16(3)14-24/h4-5,8-9,11-13,15-16H,6-7,10,14H2,1-3H3,(H,23,25). The van der Waals surface area contributed by atoms with E-state index in [0.29, 0.717) is 17.4 Å². The summed E-state index contributed by atoms with van der Waals surface area (Å²) < 4.78 is 0. The molecular formula is C21H27N3O. The summed E-state index contributed by atoms with van der Waals surface area (Å²) in [6, 6.07) is 9.93. The van der Waals surface area contributed by atoms with Crippen molar-refractivity contribution in [3.63, 3.8) is 0 Å². The largest absolute Gasteiger partial charge is 0.370 e. The first-order valence-electron chi connectivity index (χ1n) is 9.15. The fourth-order valence-electron chi connectivity index (χ4n) is 3.46. The van der Waals surface area contributed by atoms with Crippen LogP contribution in [-0.2, 0) is 0 Å². The number of benzene rings is 1. The molecule has 1 aromatic carbocycles. The van der Waals surface area contributed by atoms with Gasteiger partial charge in [-0.15, -0.1) is 0 Å². The Labute approximate surface area is 150 Å². The highest BCUT2D eigenvalue weighted by Gasteiger charge is 2.18. The Morgan fingerprint density at radius 2 is 2.08 bits per heavy atom. The zero-order valence-corrected chi connectivity index (χ0v) is 15.3. The van der Waals surface area contributed by atoms with Crippen LogP contribution >= 0.6 is 0 Å². The molecule has 0 aliphatic carbocycles. The summed E-state index contributed by atoms with van der Waals surface area (Å²) in [6.07, 6.45) is 5.97. The minimum absolute atomic E-state index is 0.104. The van der Waals surface area contributed by atoms with E-state index in [9.17, 15) is 4.79 Å². The van der Waals surface area contributed by atoms with Crippen molar-refractivity contribution in [3.05, 3.63) is 53.9 Å². The van der Waals surface area contributed by atoms with Gasteiger partial charge < -0.3 is 10.2 Å². The van der Waals surface area contributed by atoms with E-state index in [1.165, 1.54) is 12.8 Å². The van der Waals surface area contributed by atoms with Gasteiger partial charge in [0.2, 0.25) is 0 Å². The number of carbonyl (C=O) groups excluding carboxylic acids is 1. The molecule has 1 fully saturated rings. The van der Waals surface area contributed by atoms with Gasteiger partial charge >= 0.3 is 0 Å². The number of aromatic nitrogens is 1. The number of amides is 1. The van der Waals surface area contributed by atoms with E-state index in [0.717, 1.165) is 30.0 Å². The molecule has 1 aliphatic rings. The monoisotopic (exact) mass is 337 g/mol. The zero-order valence-electron chi connectivity index (χ0n) is 15.3. The summed E-state index contributed by atoms with van der Waals surface area (Å²) in [5.74, 6) is 0.937. The molecule has 25 heavy (non-hydrogen) atoms. The van der Waals surface area contributed by atoms with Crippen molar-refractivity contribution >= 4 is 17.3 Å². The second kappa shape index (κ2) is 7.68. The number of rotatable bonds is 4. The molecule has 2 aromatic rings. The minimum atomic E-state index is -0.104. The summed E-state index contributed by atoms with van der Waals surface area (Å²) in [6.45, 7) is 8.60. The third kappa shape index (κ3) is 4.19. The molecule has 1 saturated heterocycles. The predicted molar refractivity (Wildman–Crippen MR) is 103 cm³/mol. The highest BCUT2D eigenvalue weighted by molar-refractivity contribution is 6.05. The van der Waals surface area contributed by atoms with Gasteiger partial charge in [-0.1, -0.05) is 39.0 Å². The number of para-hydroxylation sites is 1. The van der Waals surface area contributed by atoms with Crippen molar-refractivity contribution in [2.24, 2.45) is 5.92 Å². The minimum Gasteiger partial charge on any atom is -0.370 e. The van der Waals surface area contributed by atoms with Crippen LogP contribution in [0.4, 0.5) is 11.4 Å². The Bertz CT molecular complexity index is 741. The van der Waals surface area contributed by atoms with Crippen LogP contribution in [0, 0.1) is 5.92 Å². The number of hydrogen-bond donors (Lipinski definition) is 1. The van der Waals surface area contributed by atoms with Gasteiger partial charge in [0, 0.05) is 25.0 Å². The van der Waals surface area contributed by atoms with Crippen LogP contribution in [0.5, 0.6) is 0 Å². The van der Waals surface area contributed by atoms with Gasteiger partial charge in [0.25, 0.3) is 5.91 Å². The van der Waals surface area contributed by atoms with Gasteiger partial charge in [-0.05, 0) is 42.4 Å². The van der Waals surface area contributed by atoms with Gasteiger partial charge in [-0.25, -0.2) is 0 Å². The van der Waals surface area contributed by atoms with Gasteiger partial charge in [0.15, 0.2) is 0 Å². The summed E-state index contributed by atoms with van der Waals surface area (Å²) in [5.41, 5.74) is 3.66. The molecule has 4 nitrogen and oxygen atoms in total. The van der Waals surface area contributed by atoms with E-state index in [1.807, 2.05) is 30.5 Å².